The first-order chi connectivity index (χ1) is 29.5. The van der Waals surface area contributed by atoms with Crippen molar-refractivity contribution in [1.29, 1.82) is 0 Å². The zero-order valence-corrected chi connectivity index (χ0v) is 33.4. The van der Waals surface area contributed by atoms with Crippen molar-refractivity contribution < 1.29 is 4.42 Å². The van der Waals surface area contributed by atoms with E-state index in [9.17, 15) is 0 Å². The van der Waals surface area contributed by atoms with Crippen molar-refractivity contribution in [3.05, 3.63) is 205 Å². The molecular formula is C59H38O. The molecule has 0 atom stereocenters. The molecule has 13 rings (SSSR count). The van der Waals surface area contributed by atoms with Gasteiger partial charge in [-0.05, 0) is 123 Å². The van der Waals surface area contributed by atoms with E-state index in [2.05, 4.69) is 202 Å². The van der Waals surface area contributed by atoms with Gasteiger partial charge in [0.05, 0.1) is 0 Å². The van der Waals surface area contributed by atoms with Crippen LogP contribution in [0.3, 0.4) is 0 Å². The molecule has 0 saturated heterocycles. The van der Waals surface area contributed by atoms with Crippen LogP contribution in [-0.2, 0) is 5.41 Å². The molecule has 0 spiro atoms. The summed E-state index contributed by atoms with van der Waals surface area (Å²) in [7, 11) is 0. The Labute approximate surface area is 348 Å². The van der Waals surface area contributed by atoms with E-state index in [1.807, 2.05) is 6.07 Å². The Morgan fingerprint density at radius 3 is 1.42 bits per heavy atom. The minimum absolute atomic E-state index is 0.196. The lowest BCUT2D eigenvalue weighted by atomic mass is 9.80. The van der Waals surface area contributed by atoms with Crippen LogP contribution in [0.2, 0.25) is 0 Å². The number of benzene rings is 10. The standard InChI is InChI=1S/C59H38O/c1-59(2)50-33-37(27-29-41(50)42-30-28-38(34-51(42)59)40-22-13-24-47-43-19-11-12-26-52(43)60-58(40)47)39-31-32-49-55-44(39)23-14-25-48(55)56-53(35-15-5-3-6-16-35)45-20-9-10-21-46(45)54(57(49)56)36-17-7-4-8-18-36/h3-34H,1-2H3. The van der Waals surface area contributed by atoms with E-state index in [0.29, 0.717) is 0 Å². The third kappa shape index (κ3) is 4.52. The summed E-state index contributed by atoms with van der Waals surface area (Å²) < 4.78 is 6.49. The zero-order chi connectivity index (χ0) is 39.7. The Bertz CT molecular complexity index is 3510. The van der Waals surface area contributed by atoms with E-state index in [1.165, 1.54) is 105 Å². The minimum Gasteiger partial charge on any atom is -0.455 e. The SMILES string of the molecule is CC1(C)c2cc(-c3ccc4c5c(cccc35)-c3c-4c(-c4ccccc4)c4ccccc4c3-c3ccccc3)ccc2-c2ccc(-c3cccc4c3oc3ccccc34)cc21. The molecule has 0 N–H and O–H groups in total. The Morgan fingerprint density at radius 1 is 0.317 bits per heavy atom. The molecule has 2 aliphatic carbocycles. The summed E-state index contributed by atoms with van der Waals surface area (Å²) in [5.41, 5.74) is 22.2. The van der Waals surface area contributed by atoms with Gasteiger partial charge in [-0.3, -0.25) is 0 Å². The van der Waals surface area contributed by atoms with Gasteiger partial charge in [-0.2, -0.15) is 0 Å². The summed E-state index contributed by atoms with van der Waals surface area (Å²) in [6, 6.07) is 71.8. The van der Waals surface area contributed by atoms with Gasteiger partial charge in [-0.15, -0.1) is 0 Å². The lowest BCUT2D eigenvalue weighted by Crippen LogP contribution is -2.15. The van der Waals surface area contributed by atoms with Gasteiger partial charge in [-0.1, -0.05) is 190 Å². The monoisotopic (exact) mass is 762 g/mol. The summed E-state index contributed by atoms with van der Waals surface area (Å²) in [5, 5.41) is 7.50. The van der Waals surface area contributed by atoms with Gasteiger partial charge in [0, 0.05) is 21.8 Å². The fourth-order valence-electron chi connectivity index (χ4n) is 10.9. The first-order valence-electron chi connectivity index (χ1n) is 21.0. The van der Waals surface area contributed by atoms with Crippen LogP contribution in [0.4, 0.5) is 0 Å². The van der Waals surface area contributed by atoms with Crippen molar-refractivity contribution in [3.8, 4) is 77.9 Å². The Morgan fingerprint density at radius 2 is 0.783 bits per heavy atom. The molecule has 1 heterocycles. The fraction of sp³-hybridized carbons (Fsp3) is 0.0508. The molecule has 10 aromatic carbocycles. The Balaban J connectivity index is 0.986. The highest BCUT2D eigenvalue weighted by Crippen LogP contribution is 2.59. The van der Waals surface area contributed by atoms with E-state index < -0.39 is 0 Å². The van der Waals surface area contributed by atoms with Gasteiger partial charge in [0.15, 0.2) is 0 Å². The predicted molar refractivity (Wildman–Crippen MR) is 252 cm³/mol. The Kier molecular flexibility index (Phi) is 6.85. The van der Waals surface area contributed by atoms with E-state index in [-0.39, 0.29) is 5.41 Å². The zero-order valence-electron chi connectivity index (χ0n) is 33.4. The molecule has 1 aromatic heterocycles. The van der Waals surface area contributed by atoms with Crippen molar-refractivity contribution >= 4 is 43.5 Å². The second-order valence-electron chi connectivity index (χ2n) is 17.1. The van der Waals surface area contributed by atoms with Gasteiger partial charge in [0.25, 0.3) is 0 Å². The molecule has 0 radical (unpaired) electrons. The van der Waals surface area contributed by atoms with Crippen molar-refractivity contribution in [2.75, 3.05) is 0 Å². The minimum atomic E-state index is -0.196. The third-order valence-corrected chi connectivity index (χ3v) is 13.6. The number of hydrogen-bond donors (Lipinski definition) is 0. The second kappa shape index (κ2) is 12.3. The van der Waals surface area contributed by atoms with Gasteiger partial charge in [-0.25, -0.2) is 0 Å². The highest BCUT2D eigenvalue weighted by atomic mass is 16.3. The topological polar surface area (TPSA) is 13.1 Å². The molecule has 11 aromatic rings. The molecule has 280 valence electrons. The van der Waals surface area contributed by atoms with Crippen LogP contribution >= 0.6 is 0 Å². The summed E-state index contributed by atoms with van der Waals surface area (Å²) in [6.45, 7) is 4.77. The molecule has 0 fully saturated rings. The quantitative estimate of drug-likeness (QED) is 0.174. The number of furan rings is 1. The molecule has 1 nitrogen and oxygen atoms in total. The number of rotatable bonds is 4. The average molecular weight is 763 g/mol. The van der Waals surface area contributed by atoms with Crippen LogP contribution in [0.15, 0.2) is 199 Å². The normalized spacial score (nSPS) is 13.3. The van der Waals surface area contributed by atoms with Crippen LogP contribution in [-0.4, -0.2) is 0 Å². The fourth-order valence-corrected chi connectivity index (χ4v) is 10.9. The highest BCUT2D eigenvalue weighted by molar-refractivity contribution is 6.28. The number of fused-ring (bicyclic) bond motifs is 10. The Hall–Kier alpha value is -7.48. The molecule has 60 heavy (non-hydrogen) atoms. The maximum absolute atomic E-state index is 6.49. The highest BCUT2D eigenvalue weighted by Gasteiger charge is 2.37. The van der Waals surface area contributed by atoms with Crippen molar-refractivity contribution in [1.82, 2.24) is 0 Å². The van der Waals surface area contributed by atoms with Gasteiger partial charge >= 0.3 is 0 Å². The third-order valence-electron chi connectivity index (χ3n) is 13.6. The maximum atomic E-state index is 6.49. The molecule has 0 unspecified atom stereocenters. The first-order valence-corrected chi connectivity index (χ1v) is 21.0. The van der Waals surface area contributed by atoms with E-state index in [4.69, 9.17) is 4.42 Å². The molecule has 1 heteroatoms. The van der Waals surface area contributed by atoms with Crippen molar-refractivity contribution in [2.24, 2.45) is 0 Å². The molecule has 0 bridgehead atoms. The largest absolute Gasteiger partial charge is 0.455 e. The van der Waals surface area contributed by atoms with E-state index >= 15 is 0 Å². The molecule has 2 aliphatic rings. The summed E-state index contributed by atoms with van der Waals surface area (Å²) in [5.74, 6) is 0. The average Bonchev–Trinajstić information content (AvgIpc) is 3.92. The van der Waals surface area contributed by atoms with Crippen molar-refractivity contribution in [3.63, 3.8) is 0 Å². The van der Waals surface area contributed by atoms with Crippen LogP contribution in [0.25, 0.3) is 121 Å². The number of hydrogen-bond acceptors (Lipinski definition) is 1. The lowest BCUT2D eigenvalue weighted by Gasteiger charge is -2.23. The smallest absolute Gasteiger partial charge is 0.143 e. The van der Waals surface area contributed by atoms with E-state index in [0.717, 1.165) is 27.5 Å². The van der Waals surface area contributed by atoms with Gasteiger partial charge in [0.1, 0.15) is 11.2 Å². The molecule has 0 aliphatic heterocycles. The van der Waals surface area contributed by atoms with Crippen molar-refractivity contribution in [2.45, 2.75) is 19.3 Å². The second-order valence-corrected chi connectivity index (χ2v) is 17.1. The summed E-state index contributed by atoms with van der Waals surface area (Å²) in [6.07, 6.45) is 0. The molecule has 0 saturated carbocycles. The number of para-hydroxylation sites is 2. The lowest BCUT2D eigenvalue weighted by molar-refractivity contribution is 0.660. The molecular weight excluding hydrogens is 725 g/mol. The van der Waals surface area contributed by atoms with Crippen LogP contribution in [0, 0.1) is 0 Å². The summed E-state index contributed by atoms with van der Waals surface area (Å²) >= 11 is 0. The maximum Gasteiger partial charge on any atom is 0.143 e. The van der Waals surface area contributed by atoms with E-state index in [1.54, 1.807) is 0 Å². The van der Waals surface area contributed by atoms with Crippen LogP contribution in [0.1, 0.15) is 25.0 Å². The predicted octanol–water partition coefficient (Wildman–Crippen LogP) is 16.5. The summed E-state index contributed by atoms with van der Waals surface area (Å²) in [4.78, 5) is 0. The van der Waals surface area contributed by atoms with Gasteiger partial charge in [0.2, 0.25) is 0 Å². The molecule has 0 amide bonds. The van der Waals surface area contributed by atoms with Crippen LogP contribution < -0.4 is 0 Å². The van der Waals surface area contributed by atoms with Gasteiger partial charge < -0.3 is 4.42 Å². The van der Waals surface area contributed by atoms with Crippen LogP contribution in [0.5, 0.6) is 0 Å². The first kappa shape index (κ1) is 33.5.